The minimum Gasteiger partial charge on any atom is -0.452 e. The van der Waals surface area contributed by atoms with Gasteiger partial charge in [-0.3, -0.25) is 4.79 Å². The van der Waals surface area contributed by atoms with Gasteiger partial charge in [-0.05, 0) is 47.6 Å². The molecule has 1 amide bonds. The number of esters is 1. The van der Waals surface area contributed by atoms with Crippen LogP contribution in [0.15, 0.2) is 24.3 Å². The Morgan fingerprint density at radius 2 is 2.04 bits per heavy atom. The maximum atomic E-state index is 12.5. The van der Waals surface area contributed by atoms with Crippen molar-refractivity contribution in [2.24, 2.45) is 0 Å². The van der Waals surface area contributed by atoms with Crippen molar-refractivity contribution >= 4 is 44.3 Å². The van der Waals surface area contributed by atoms with Crippen LogP contribution in [0.4, 0.5) is 0 Å². The molecule has 1 aliphatic rings. The number of ether oxygens (including phenoxy) is 1. The summed E-state index contributed by atoms with van der Waals surface area (Å²) < 4.78 is 29.3. The molecule has 6 nitrogen and oxygen atoms in total. The molecular formula is C17H22INO5S. The average Bonchev–Trinajstić information content (AvgIpc) is 2.93. The maximum absolute atomic E-state index is 12.5. The summed E-state index contributed by atoms with van der Waals surface area (Å²) in [5.74, 6) is -0.787. The standard InChI is InChI=1S/C17H22INO5S/c1-2-3-9-19(13-8-10-25(22,23)12-13)16(20)11-24-17(21)14-6-4-5-7-15(14)18/h4-7,13H,2-3,8-12H2,1H3. The molecular weight excluding hydrogens is 457 g/mol. The number of rotatable bonds is 7. The van der Waals surface area contributed by atoms with Crippen molar-refractivity contribution in [1.29, 1.82) is 0 Å². The highest BCUT2D eigenvalue weighted by Crippen LogP contribution is 2.19. The van der Waals surface area contributed by atoms with Crippen molar-refractivity contribution in [3.63, 3.8) is 0 Å². The first kappa shape index (κ1) is 20.2. The molecule has 1 unspecified atom stereocenters. The van der Waals surface area contributed by atoms with E-state index < -0.39 is 15.8 Å². The van der Waals surface area contributed by atoms with E-state index in [2.05, 4.69) is 0 Å². The van der Waals surface area contributed by atoms with E-state index >= 15 is 0 Å². The molecule has 0 aliphatic carbocycles. The number of unbranched alkanes of at least 4 members (excludes halogenated alkanes) is 1. The third kappa shape index (κ3) is 5.67. The lowest BCUT2D eigenvalue weighted by Gasteiger charge is -2.28. The molecule has 1 saturated heterocycles. The van der Waals surface area contributed by atoms with E-state index in [1.54, 1.807) is 23.1 Å². The summed E-state index contributed by atoms with van der Waals surface area (Å²) in [5, 5.41) is 0. The molecule has 2 rings (SSSR count). The van der Waals surface area contributed by atoms with Crippen LogP contribution in [0.3, 0.4) is 0 Å². The second-order valence-electron chi connectivity index (χ2n) is 6.05. The van der Waals surface area contributed by atoms with E-state index in [1.807, 2.05) is 35.6 Å². The van der Waals surface area contributed by atoms with E-state index in [4.69, 9.17) is 4.74 Å². The Kier molecular flexibility index (Phi) is 7.24. The summed E-state index contributed by atoms with van der Waals surface area (Å²) in [6, 6.07) is 6.66. The first-order chi connectivity index (χ1) is 11.8. The predicted octanol–water partition coefficient (Wildman–Crippen LogP) is 2.26. The largest absolute Gasteiger partial charge is 0.452 e. The maximum Gasteiger partial charge on any atom is 0.339 e. The molecule has 1 aromatic rings. The Bertz CT molecular complexity index is 734. The van der Waals surface area contributed by atoms with Crippen LogP contribution in [0.5, 0.6) is 0 Å². The third-order valence-electron chi connectivity index (χ3n) is 4.14. The molecule has 0 aromatic heterocycles. The van der Waals surface area contributed by atoms with E-state index in [-0.39, 0.29) is 30.1 Å². The van der Waals surface area contributed by atoms with Gasteiger partial charge < -0.3 is 9.64 Å². The zero-order chi connectivity index (χ0) is 18.4. The van der Waals surface area contributed by atoms with Crippen molar-refractivity contribution in [1.82, 2.24) is 4.90 Å². The molecule has 0 saturated carbocycles. The Balaban J connectivity index is 1.99. The Morgan fingerprint density at radius 3 is 2.64 bits per heavy atom. The summed E-state index contributed by atoms with van der Waals surface area (Å²) in [6.07, 6.45) is 2.13. The molecule has 1 atom stereocenters. The molecule has 138 valence electrons. The molecule has 0 radical (unpaired) electrons. The first-order valence-corrected chi connectivity index (χ1v) is 11.2. The lowest BCUT2D eigenvalue weighted by Crippen LogP contribution is -2.43. The number of carbonyl (C=O) groups excluding carboxylic acids is 2. The van der Waals surface area contributed by atoms with Gasteiger partial charge in [-0.2, -0.15) is 0 Å². The lowest BCUT2D eigenvalue weighted by molar-refractivity contribution is -0.136. The number of amides is 1. The number of nitrogens with zero attached hydrogens (tertiary/aromatic N) is 1. The van der Waals surface area contributed by atoms with E-state index in [0.717, 1.165) is 16.4 Å². The summed E-state index contributed by atoms with van der Waals surface area (Å²) in [5.41, 5.74) is 0.416. The highest BCUT2D eigenvalue weighted by atomic mass is 127. The molecule has 0 spiro atoms. The minimum atomic E-state index is -3.08. The van der Waals surface area contributed by atoms with Gasteiger partial charge in [-0.15, -0.1) is 0 Å². The lowest BCUT2D eigenvalue weighted by atomic mass is 10.2. The molecule has 1 aromatic carbocycles. The fourth-order valence-electron chi connectivity index (χ4n) is 2.78. The molecule has 8 heteroatoms. The molecule has 0 bridgehead atoms. The van der Waals surface area contributed by atoms with Crippen molar-refractivity contribution in [3.8, 4) is 0 Å². The van der Waals surface area contributed by atoms with Crippen molar-refractivity contribution in [3.05, 3.63) is 33.4 Å². The molecule has 1 fully saturated rings. The predicted molar refractivity (Wildman–Crippen MR) is 103 cm³/mol. The molecule has 1 aliphatic heterocycles. The minimum absolute atomic E-state index is 0.00696. The van der Waals surface area contributed by atoms with Crippen LogP contribution in [0.25, 0.3) is 0 Å². The van der Waals surface area contributed by atoms with Gasteiger partial charge in [0.25, 0.3) is 5.91 Å². The van der Waals surface area contributed by atoms with Crippen LogP contribution in [-0.4, -0.2) is 55.9 Å². The van der Waals surface area contributed by atoms with Gasteiger partial charge in [0.15, 0.2) is 16.4 Å². The Labute approximate surface area is 162 Å². The smallest absolute Gasteiger partial charge is 0.339 e. The second-order valence-corrected chi connectivity index (χ2v) is 9.44. The first-order valence-electron chi connectivity index (χ1n) is 8.25. The van der Waals surface area contributed by atoms with Gasteiger partial charge in [-0.1, -0.05) is 25.5 Å². The number of hydrogen-bond donors (Lipinski definition) is 0. The number of sulfone groups is 1. The number of hydrogen-bond acceptors (Lipinski definition) is 5. The summed E-state index contributed by atoms with van der Waals surface area (Å²) >= 11 is 2.04. The second kappa shape index (κ2) is 8.98. The number of carbonyl (C=O) groups is 2. The van der Waals surface area contributed by atoms with E-state index in [1.165, 1.54) is 0 Å². The van der Waals surface area contributed by atoms with Crippen LogP contribution in [0.1, 0.15) is 36.5 Å². The summed E-state index contributed by atoms with van der Waals surface area (Å²) in [7, 11) is -3.08. The van der Waals surface area contributed by atoms with Crippen molar-refractivity contribution in [2.75, 3.05) is 24.7 Å². The highest BCUT2D eigenvalue weighted by Gasteiger charge is 2.34. The van der Waals surface area contributed by atoms with Gasteiger partial charge in [0.2, 0.25) is 0 Å². The summed E-state index contributed by atoms with van der Waals surface area (Å²) in [6.45, 7) is 2.12. The van der Waals surface area contributed by atoms with E-state index in [9.17, 15) is 18.0 Å². The van der Waals surface area contributed by atoms with Crippen LogP contribution in [0.2, 0.25) is 0 Å². The van der Waals surface area contributed by atoms with Crippen LogP contribution in [0, 0.1) is 3.57 Å². The topological polar surface area (TPSA) is 80.8 Å². The monoisotopic (exact) mass is 479 g/mol. The van der Waals surface area contributed by atoms with Gasteiger partial charge in [0.05, 0.1) is 17.1 Å². The summed E-state index contributed by atoms with van der Waals surface area (Å²) in [4.78, 5) is 26.2. The quantitative estimate of drug-likeness (QED) is 0.443. The van der Waals surface area contributed by atoms with Crippen molar-refractivity contribution in [2.45, 2.75) is 32.2 Å². The van der Waals surface area contributed by atoms with Gasteiger partial charge in [0.1, 0.15) is 0 Å². The van der Waals surface area contributed by atoms with Crippen LogP contribution in [-0.2, 0) is 19.4 Å². The average molecular weight is 479 g/mol. The Morgan fingerprint density at radius 1 is 1.32 bits per heavy atom. The third-order valence-corrected chi connectivity index (χ3v) is 6.83. The Hall–Kier alpha value is -1.16. The molecule has 25 heavy (non-hydrogen) atoms. The van der Waals surface area contributed by atoms with Crippen LogP contribution >= 0.6 is 22.6 Å². The SMILES string of the molecule is CCCCN(C(=O)COC(=O)c1ccccc1I)C1CCS(=O)(=O)C1. The fraction of sp³-hybridized carbons (Fsp3) is 0.529. The van der Waals surface area contributed by atoms with Gasteiger partial charge in [-0.25, -0.2) is 13.2 Å². The normalized spacial score (nSPS) is 18.7. The number of benzene rings is 1. The zero-order valence-corrected chi connectivity index (χ0v) is 17.1. The van der Waals surface area contributed by atoms with Gasteiger partial charge in [0, 0.05) is 16.2 Å². The molecule has 0 N–H and O–H groups in total. The van der Waals surface area contributed by atoms with Crippen molar-refractivity contribution < 1.29 is 22.7 Å². The van der Waals surface area contributed by atoms with E-state index in [0.29, 0.717) is 18.5 Å². The number of halogens is 1. The highest BCUT2D eigenvalue weighted by molar-refractivity contribution is 14.1. The van der Waals surface area contributed by atoms with Gasteiger partial charge >= 0.3 is 5.97 Å². The zero-order valence-electron chi connectivity index (χ0n) is 14.1. The van der Waals surface area contributed by atoms with Crippen LogP contribution < -0.4 is 0 Å². The fourth-order valence-corrected chi connectivity index (χ4v) is 5.11. The molecule has 1 heterocycles.